The number of aliphatic carboxylic acids is 1. The van der Waals surface area contributed by atoms with Crippen molar-refractivity contribution in [2.24, 2.45) is 0 Å². The number of anilines is 2. The van der Waals surface area contributed by atoms with E-state index in [0.717, 1.165) is 28.7 Å². The molecule has 0 atom stereocenters. The molecule has 0 aliphatic heterocycles. The highest BCUT2D eigenvalue weighted by Crippen LogP contribution is 2.25. The molecule has 0 saturated heterocycles. The van der Waals surface area contributed by atoms with Crippen LogP contribution in [0.3, 0.4) is 0 Å². The van der Waals surface area contributed by atoms with E-state index in [2.05, 4.69) is 36.2 Å². The minimum Gasteiger partial charge on any atom is -0.478 e. The summed E-state index contributed by atoms with van der Waals surface area (Å²) in [5, 5.41) is 8.64. The van der Waals surface area contributed by atoms with Gasteiger partial charge in [-0.3, -0.25) is 0 Å². The Hall–Kier alpha value is -2.62. The zero-order valence-corrected chi connectivity index (χ0v) is 12.4. The second kappa shape index (κ2) is 6.22. The van der Waals surface area contributed by atoms with E-state index in [4.69, 9.17) is 5.11 Å². The molecule has 108 valence electrons. The van der Waals surface area contributed by atoms with Crippen LogP contribution in [-0.4, -0.2) is 23.1 Å². The zero-order valence-electron chi connectivity index (χ0n) is 12.4. The van der Waals surface area contributed by atoms with Gasteiger partial charge in [-0.05, 0) is 49.2 Å². The molecule has 0 unspecified atom stereocenters. The van der Waals surface area contributed by atoms with Gasteiger partial charge in [-0.1, -0.05) is 17.7 Å². The Kier molecular flexibility index (Phi) is 4.38. The molecule has 0 bridgehead atoms. The van der Waals surface area contributed by atoms with Crippen LogP contribution in [0.15, 0.2) is 42.6 Å². The summed E-state index contributed by atoms with van der Waals surface area (Å²) in [5.74, 6) is -0.111. The second-order valence-corrected chi connectivity index (χ2v) is 4.98. The number of hydrogen-bond acceptors (Lipinski definition) is 3. The third-order valence-corrected chi connectivity index (χ3v) is 3.23. The highest BCUT2D eigenvalue weighted by Gasteiger charge is 2.08. The van der Waals surface area contributed by atoms with Crippen LogP contribution >= 0.6 is 0 Å². The average molecular weight is 282 g/mol. The highest BCUT2D eigenvalue weighted by molar-refractivity contribution is 5.85. The third kappa shape index (κ3) is 3.69. The Balaban J connectivity index is 2.28. The number of benzene rings is 1. The minimum absolute atomic E-state index is 0.774. The van der Waals surface area contributed by atoms with Gasteiger partial charge in [0.1, 0.15) is 5.82 Å². The fraction of sp³-hybridized carbons (Fsp3) is 0.176. The maximum atomic E-state index is 10.5. The number of carboxylic acids is 1. The number of pyridine rings is 1. The molecule has 2 aromatic rings. The van der Waals surface area contributed by atoms with E-state index in [1.54, 1.807) is 6.20 Å². The Morgan fingerprint density at radius 3 is 2.48 bits per heavy atom. The molecule has 0 spiro atoms. The molecule has 0 fully saturated rings. The molecule has 4 nitrogen and oxygen atoms in total. The van der Waals surface area contributed by atoms with E-state index in [-0.39, 0.29) is 0 Å². The number of carboxylic acid groups (broad SMARTS) is 1. The smallest absolute Gasteiger partial charge is 0.328 e. The van der Waals surface area contributed by atoms with Gasteiger partial charge in [0.15, 0.2) is 0 Å². The Bertz CT molecular complexity index is 676. The van der Waals surface area contributed by atoms with Gasteiger partial charge in [0.2, 0.25) is 0 Å². The molecule has 0 aliphatic rings. The van der Waals surface area contributed by atoms with Gasteiger partial charge in [0, 0.05) is 25.0 Å². The molecule has 0 aliphatic carbocycles. The van der Waals surface area contributed by atoms with E-state index in [9.17, 15) is 4.79 Å². The fourth-order valence-electron chi connectivity index (χ4n) is 2.09. The van der Waals surface area contributed by atoms with Gasteiger partial charge in [0.25, 0.3) is 0 Å². The SMILES string of the molecule is Cc1ccc(N(C)c2ncc(/C=C/C(=O)O)cc2C)cc1. The summed E-state index contributed by atoms with van der Waals surface area (Å²) in [6.07, 6.45) is 4.32. The number of rotatable bonds is 4. The van der Waals surface area contributed by atoms with Crippen molar-refractivity contribution in [3.05, 3.63) is 59.3 Å². The fourth-order valence-corrected chi connectivity index (χ4v) is 2.09. The van der Waals surface area contributed by atoms with Crippen molar-refractivity contribution in [2.75, 3.05) is 11.9 Å². The standard InChI is InChI=1S/C17H18N2O2/c1-12-4-7-15(8-5-12)19(3)17-13(2)10-14(11-18-17)6-9-16(20)21/h4-11H,1-3H3,(H,20,21)/b9-6+. The quantitative estimate of drug-likeness (QED) is 0.871. The van der Waals surface area contributed by atoms with Crippen LogP contribution in [0.2, 0.25) is 0 Å². The first kappa shape index (κ1) is 14.8. The normalized spacial score (nSPS) is 10.8. The Morgan fingerprint density at radius 1 is 1.24 bits per heavy atom. The van der Waals surface area contributed by atoms with Crippen LogP contribution in [0.25, 0.3) is 6.08 Å². The second-order valence-electron chi connectivity index (χ2n) is 4.98. The van der Waals surface area contributed by atoms with Crippen LogP contribution in [0.5, 0.6) is 0 Å². The number of carbonyl (C=O) groups is 1. The van der Waals surface area contributed by atoms with Crippen LogP contribution < -0.4 is 4.90 Å². The van der Waals surface area contributed by atoms with Gasteiger partial charge >= 0.3 is 5.97 Å². The van der Waals surface area contributed by atoms with Gasteiger partial charge in [-0.15, -0.1) is 0 Å². The van der Waals surface area contributed by atoms with Crippen LogP contribution in [-0.2, 0) is 4.79 Å². The highest BCUT2D eigenvalue weighted by atomic mass is 16.4. The Labute approximate surface area is 124 Å². The van der Waals surface area contributed by atoms with Crippen molar-refractivity contribution in [3.8, 4) is 0 Å². The van der Waals surface area contributed by atoms with E-state index in [0.29, 0.717) is 0 Å². The molecular formula is C17H18N2O2. The van der Waals surface area contributed by atoms with Crippen LogP contribution in [0.4, 0.5) is 11.5 Å². The summed E-state index contributed by atoms with van der Waals surface area (Å²) in [7, 11) is 1.97. The first-order valence-electron chi connectivity index (χ1n) is 6.65. The van der Waals surface area contributed by atoms with Crippen LogP contribution in [0.1, 0.15) is 16.7 Å². The van der Waals surface area contributed by atoms with E-state index in [1.165, 1.54) is 11.6 Å². The molecule has 1 aromatic carbocycles. The Morgan fingerprint density at radius 2 is 1.90 bits per heavy atom. The number of hydrogen-bond donors (Lipinski definition) is 1. The molecular weight excluding hydrogens is 264 g/mol. The zero-order chi connectivity index (χ0) is 15.4. The maximum Gasteiger partial charge on any atom is 0.328 e. The number of aryl methyl sites for hydroxylation is 2. The number of nitrogens with zero attached hydrogens (tertiary/aromatic N) is 2. The molecule has 4 heteroatoms. The summed E-state index contributed by atoms with van der Waals surface area (Å²) in [6, 6.07) is 10.1. The summed E-state index contributed by atoms with van der Waals surface area (Å²) in [5.41, 5.74) is 4.04. The third-order valence-electron chi connectivity index (χ3n) is 3.23. The summed E-state index contributed by atoms with van der Waals surface area (Å²) < 4.78 is 0. The van der Waals surface area contributed by atoms with Gasteiger partial charge in [-0.2, -0.15) is 0 Å². The largest absolute Gasteiger partial charge is 0.478 e. The lowest BCUT2D eigenvalue weighted by Crippen LogP contribution is -2.12. The van der Waals surface area contributed by atoms with Crippen molar-refractivity contribution in [1.82, 2.24) is 4.98 Å². The predicted molar refractivity (Wildman–Crippen MR) is 84.9 cm³/mol. The molecule has 1 N–H and O–H groups in total. The van der Waals surface area contributed by atoms with Gasteiger partial charge < -0.3 is 10.0 Å². The summed E-state index contributed by atoms with van der Waals surface area (Å²) in [6.45, 7) is 4.02. The summed E-state index contributed by atoms with van der Waals surface area (Å²) in [4.78, 5) is 17.0. The van der Waals surface area contributed by atoms with Crippen molar-refractivity contribution < 1.29 is 9.90 Å². The first-order chi connectivity index (χ1) is 9.97. The van der Waals surface area contributed by atoms with Crippen LogP contribution in [0, 0.1) is 13.8 Å². The van der Waals surface area contributed by atoms with E-state index in [1.807, 2.05) is 24.9 Å². The predicted octanol–water partition coefficient (Wildman–Crippen LogP) is 3.56. The molecule has 1 aromatic heterocycles. The first-order valence-corrected chi connectivity index (χ1v) is 6.65. The molecule has 21 heavy (non-hydrogen) atoms. The van der Waals surface area contributed by atoms with Crippen molar-refractivity contribution in [1.29, 1.82) is 0 Å². The lowest BCUT2D eigenvalue weighted by molar-refractivity contribution is -0.131. The topological polar surface area (TPSA) is 53.4 Å². The van der Waals surface area contributed by atoms with E-state index < -0.39 is 5.97 Å². The molecule has 0 amide bonds. The maximum absolute atomic E-state index is 10.5. The molecule has 0 radical (unpaired) electrons. The van der Waals surface area contributed by atoms with Crippen molar-refractivity contribution >= 4 is 23.6 Å². The summed E-state index contributed by atoms with van der Waals surface area (Å²) >= 11 is 0. The van der Waals surface area contributed by atoms with Crippen molar-refractivity contribution in [2.45, 2.75) is 13.8 Å². The molecule has 2 rings (SSSR count). The van der Waals surface area contributed by atoms with Crippen molar-refractivity contribution in [3.63, 3.8) is 0 Å². The lowest BCUT2D eigenvalue weighted by Gasteiger charge is -2.20. The number of aromatic nitrogens is 1. The minimum atomic E-state index is -0.964. The van der Waals surface area contributed by atoms with E-state index >= 15 is 0 Å². The average Bonchev–Trinajstić information content (AvgIpc) is 2.45. The van der Waals surface area contributed by atoms with Gasteiger partial charge in [0.05, 0.1) is 0 Å². The molecule has 0 saturated carbocycles. The molecule has 1 heterocycles. The lowest BCUT2D eigenvalue weighted by atomic mass is 10.1. The monoisotopic (exact) mass is 282 g/mol. The van der Waals surface area contributed by atoms with Gasteiger partial charge in [-0.25, -0.2) is 9.78 Å².